The molecule has 18 heavy (non-hydrogen) atoms. The molecule has 0 heterocycles. The molecule has 2 aliphatic rings. The molecule has 2 aliphatic carbocycles. The maximum absolute atomic E-state index is 13.4. The number of nitrogens with two attached hydrogens (primary N) is 1. The van der Waals surface area contributed by atoms with Crippen LogP contribution in [-0.2, 0) is 9.59 Å². The first-order valence-corrected chi connectivity index (χ1v) is 5.16. The number of nitrogens with one attached hydrogen (secondary N) is 1. The predicted octanol–water partition coefficient (Wildman–Crippen LogP) is -7.86. The van der Waals surface area contributed by atoms with Gasteiger partial charge in [-0.05, 0) is 6.92 Å². The third kappa shape index (κ3) is 3.11. The Labute approximate surface area is 149 Å². The zero-order valence-electron chi connectivity index (χ0n) is 10.8. The monoisotopic (exact) mass is 274 g/mol. The smallest absolute Gasteiger partial charge is 0.548 e. The molecule has 5 atom stereocenters. The van der Waals surface area contributed by atoms with Gasteiger partial charge in [-0.1, -0.05) is 0 Å². The van der Waals surface area contributed by atoms with Gasteiger partial charge < -0.3 is 27.4 Å². The number of alkyl halides is 1. The normalized spacial score (nSPS) is 37.6. The van der Waals surface area contributed by atoms with Crippen LogP contribution < -0.4 is 75.3 Å². The summed E-state index contributed by atoms with van der Waals surface area (Å²) < 4.78 is 13.4. The summed E-state index contributed by atoms with van der Waals surface area (Å²) in [6.45, 7) is 1.44. The second kappa shape index (κ2) is 6.52. The SMILES string of the molecule is C[C@H](N)C(=O)N[C@@]1(C(=O)[O-])C[C@@H](F)[C@H]2[CH-][C@H]21.[Na+].[Na+]. The van der Waals surface area contributed by atoms with Gasteiger partial charge in [0.15, 0.2) is 0 Å². The van der Waals surface area contributed by atoms with Crippen LogP contribution in [0.1, 0.15) is 13.3 Å². The molecule has 0 radical (unpaired) electrons. The number of rotatable bonds is 3. The number of carbonyl (C=O) groups is 2. The number of aliphatic carboxylic acids is 1. The Hall–Kier alpha value is 0.830. The van der Waals surface area contributed by atoms with E-state index in [9.17, 15) is 19.1 Å². The molecule has 8 heteroatoms. The third-order valence-corrected chi connectivity index (χ3v) is 3.33. The molecule has 90 valence electrons. The molecular formula is C10H13FN2Na2O3. The number of carboxylic acids is 1. The van der Waals surface area contributed by atoms with Crippen molar-refractivity contribution in [3.8, 4) is 0 Å². The van der Waals surface area contributed by atoms with E-state index in [0.29, 0.717) is 0 Å². The molecule has 2 saturated carbocycles. The van der Waals surface area contributed by atoms with E-state index in [0.717, 1.165) is 0 Å². The Morgan fingerprint density at radius 1 is 1.56 bits per heavy atom. The first-order chi connectivity index (χ1) is 7.38. The van der Waals surface area contributed by atoms with Crippen molar-refractivity contribution in [2.75, 3.05) is 0 Å². The molecule has 0 saturated heterocycles. The third-order valence-electron chi connectivity index (χ3n) is 3.33. The first kappa shape index (κ1) is 18.8. The molecule has 0 unspecified atom stereocenters. The maximum atomic E-state index is 13.4. The van der Waals surface area contributed by atoms with Crippen LogP contribution in [0.25, 0.3) is 0 Å². The summed E-state index contributed by atoms with van der Waals surface area (Å²) in [5, 5.41) is 13.4. The van der Waals surface area contributed by atoms with E-state index in [1.54, 1.807) is 6.42 Å². The number of hydrogen-bond donors (Lipinski definition) is 2. The van der Waals surface area contributed by atoms with Gasteiger partial charge in [0.05, 0.1) is 23.7 Å². The molecule has 0 spiro atoms. The van der Waals surface area contributed by atoms with E-state index >= 15 is 0 Å². The fourth-order valence-corrected chi connectivity index (χ4v) is 2.33. The number of halogens is 1. The van der Waals surface area contributed by atoms with Gasteiger partial charge in [-0.2, -0.15) is 11.8 Å². The van der Waals surface area contributed by atoms with Gasteiger partial charge in [0.1, 0.15) is 0 Å². The quantitative estimate of drug-likeness (QED) is 0.395. The minimum Gasteiger partial charge on any atom is -0.548 e. The molecule has 0 bridgehead atoms. The predicted molar refractivity (Wildman–Crippen MR) is 50.3 cm³/mol. The van der Waals surface area contributed by atoms with Crippen molar-refractivity contribution in [3.63, 3.8) is 0 Å². The molecule has 0 aromatic heterocycles. The largest absolute Gasteiger partial charge is 1.00 e. The van der Waals surface area contributed by atoms with E-state index in [2.05, 4.69) is 5.32 Å². The zero-order chi connectivity index (χ0) is 12.1. The van der Waals surface area contributed by atoms with Gasteiger partial charge >= 0.3 is 59.1 Å². The van der Waals surface area contributed by atoms with E-state index < -0.39 is 35.5 Å². The van der Waals surface area contributed by atoms with Crippen molar-refractivity contribution in [1.82, 2.24) is 5.32 Å². The number of hydrogen-bond acceptors (Lipinski definition) is 4. The summed E-state index contributed by atoms with van der Waals surface area (Å²) in [4.78, 5) is 22.5. The molecule has 0 aromatic carbocycles. The van der Waals surface area contributed by atoms with Crippen LogP contribution in [0.2, 0.25) is 0 Å². The molecule has 2 rings (SSSR count). The summed E-state index contributed by atoms with van der Waals surface area (Å²) in [5.41, 5.74) is 3.74. The zero-order valence-corrected chi connectivity index (χ0v) is 14.8. The van der Waals surface area contributed by atoms with E-state index in [1.165, 1.54) is 6.92 Å². The topological polar surface area (TPSA) is 95.2 Å². The van der Waals surface area contributed by atoms with Gasteiger partial charge in [0.25, 0.3) is 0 Å². The summed E-state index contributed by atoms with van der Waals surface area (Å²) >= 11 is 0. The van der Waals surface area contributed by atoms with Crippen molar-refractivity contribution in [2.45, 2.75) is 31.1 Å². The second-order valence-corrected chi connectivity index (χ2v) is 4.55. The molecular weight excluding hydrogens is 261 g/mol. The van der Waals surface area contributed by atoms with E-state index in [4.69, 9.17) is 5.73 Å². The van der Waals surface area contributed by atoms with Crippen LogP contribution in [0, 0.1) is 18.3 Å². The van der Waals surface area contributed by atoms with Crippen LogP contribution >= 0.6 is 0 Å². The number of amides is 1. The van der Waals surface area contributed by atoms with Crippen molar-refractivity contribution < 1.29 is 78.2 Å². The van der Waals surface area contributed by atoms with Gasteiger partial charge in [-0.15, -0.1) is 0 Å². The van der Waals surface area contributed by atoms with Crippen molar-refractivity contribution in [2.24, 2.45) is 17.6 Å². The molecule has 0 aromatic rings. The number of carbonyl (C=O) groups excluding carboxylic acids is 2. The average molecular weight is 274 g/mol. The van der Waals surface area contributed by atoms with Crippen molar-refractivity contribution >= 4 is 11.9 Å². The summed E-state index contributed by atoms with van der Waals surface area (Å²) in [6.07, 6.45) is 0.127. The van der Waals surface area contributed by atoms with Gasteiger partial charge in [0, 0.05) is 6.42 Å². The molecule has 3 N–H and O–H groups in total. The molecule has 1 amide bonds. The summed E-state index contributed by atoms with van der Waals surface area (Å²) in [5.74, 6) is -2.87. The Bertz CT molecular complexity index is 356. The fraction of sp³-hybridized carbons (Fsp3) is 0.700. The Kier molecular flexibility index (Phi) is 6.82. The first-order valence-electron chi connectivity index (χ1n) is 5.16. The van der Waals surface area contributed by atoms with Crippen LogP contribution in [0.15, 0.2) is 0 Å². The Morgan fingerprint density at radius 2 is 2.11 bits per heavy atom. The Balaban J connectivity index is 0.00000144. The van der Waals surface area contributed by atoms with Gasteiger partial charge in [-0.3, -0.25) is 9.18 Å². The second-order valence-electron chi connectivity index (χ2n) is 4.55. The standard InChI is InChI=1S/C10H14FN2O3.2Na/c1-4(12)8(14)13-10(9(15)16)3-7(11)5-2-6(5)10;;/h2,4-7H,3,12H2,1H3,(H,13,14)(H,15,16);;/q-1;2*+1/p-1/t4-,5-,6+,7+,10-;;/m0../s1. The maximum Gasteiger partial charge on any atom is 1.00 e. The minimum absolute atomic E-state index is 0. The average Bonchev–Trinajstić information content (AvgIpc) is 2.90. The molecule has 5 nitrogen and oxygen atoms in total. The van der Waals surface area contributed by atoms with Gasteiger partial charge in [0.2, 0.25) is 5.91 Å². The van der Waals surface area contributed by atoms with E-state index in [1.807, 2.05) is 0 Å². The summed E-state index contributed by atoms with van der Waals surface area (Å²) in [6, 6.07) is -0.827. The van der Waals surface area contributed by atoms with Gasteiger partial charge in [-0.25, -0.2) is 0 Å². The van der Waals surface area contributed by atoms with Crippen LogP contribution in [-0.4, -0.2) is 29.6 Å². The number of carboxylic acid groups (broad SMARTS) is 1. The fourth-order valence-electron chi connectivity index (χ4n) is 2.33. The summed E-state index contributed by atoms with van der Waals surface area (Å²) in [7, 11) is 0. The molecule has 0 aliphatic heterocycles. The number of fused-ring (bicyclic) bond motifs is 1. The van der Waals surface area contributed by atoms with Crippen molar-refractivity contribution in [1.29, 1.82) is 0 Å². The molecule has 2 fully saturated rings. The Morgan fingerprint density at radius 3 is 2.39 bits per heavy atom. The van der Waals surface area contributed by atoms with E-state index in [-0.39, 0.29) is 71.5 Å². The van der Waals surface area contributed by atoms with Crippen LogP contribution in [0.5, 0.6) is 0 Å². The van der Waals surface area contributed by atoms with Crippen LogP contribution in [0.3, 0.4) is 0 Å². The minimum atomic E-state index is -1.60. The van der Waals surface area contributed by atoms with Crippen molar-refractivity contribution in [3.05, 3.63) is 6.42 Å². The van der Waals surface area contributed by atoms with Crippen LogP contribution in [0.4, 0.5) is 4.39 Å².